The van der Waals surface area contributed by atoms with Crippen LogP contribution >= 0.6 is 23.4 Å². The number of rotatable bonds is 9. The van der Waals surface area contributed by atoms with E-state index in [0.717, 1.165) is 11.1 Å². The van der Waals surface area contributed by atoms with Gasteiger partial charge in [-0.15, -0.1) is 11.6 Å². The lowest BCUT2D eigenvalue weighted by Crippen LogP contribution is -2.06. The van der Waals surface area contributed by atoms with Gasteiger partial charge in [0.15, 0.2) is 0 Å². The summed E-state index contributed by atoms with van der Waals surface area (Å²) in [5.41, 5.74) is 1.45. The van der Waals surface area contributed by atoms with Crippen LogP contribution in [0.15, 0.2) is 30.3 Å². The molecule has 0 N–H and O–H groups in total. The van der Waals surface area contributed by atoms with Crippen LogP contribution in [-0.2, 0) is 6.42 Å². The molecule has 0 aliphatic rings. The van der Waals surface area contributed by atoms with Gasteiger partial charge in [0.1, 0.15) is 0 Å². The van der Waals surface area contributed by atoms with Gasteiger partial charge in [-0.25, -0.2) is 0 Å². The number of halogens is 1. The van der Waals surface area contributed by atoms with E-state index >= 15 is 0 Å². The Morgan fingerprint density at radius 2 is 1.83 bits per heavy atom. The van der Waals surface area contributed by atoms with Crippen LogP contribution in [0.25, 0.3) is 0 Å². The fourth-order valence-electron chi connectivity index (χ4n) is 2.13. The molecule has 0 saturated heterocycles. The molecule has 0 fully saturated rings. The first-order valence-corrected chi connectivity index (χ1v) is 8.71. The molecule has 0 spiro atoms. The zero-order chi connectivity index (χ0) is 13.2. The second-order valence-corrected chi connectivity index (χ2v) is 6.61. The van der Waals surface area contributed by atoms with E-state index in [2.05, 4.69) is 43.5 Å². The molecule has 0 radical (unpaired) electrons. The fraction of sp³-hybridized carbons (Fsp3) is 0.625. The number of hydrogen-bond donors (Lipinski definition) is 0. The fourth-order valence-corrected chi connectivity index (χ4v) is 2.81. The summed E-state index contributed by atoms with van der Waals surface area (Å²) in [6.45, 7) is 2.31. The average molecular weight is 285 g/mol. The van der Waals surface area contributed by atoms with Gasteiger partial charge in [-0.3, -0.25) is 0 Å². The lowest BCUT2D eigenvalue weighted by atomic mass is 9.96. The van der Waals surface area contributed by atoms with Gasteiger partial charge in [0, 0.05) is 11.1 Å². The zero-order valence-corrected chi connectivity index (χ0v) is 13.1. The molecule has 0 saturated carbocycles. The van der Waals surface area contributed by atoms with E-state index in [9.17, 15) is 0 Å². The van der Waals surface area contributed by atoms with Crippen molar-refractivity contribution in [3.8, 4) is 0 Å². The van der Waals surface area contributed by atoms with E-state index in [1.54, 1.807) is 0 Å². The number of alkyl halides is 1. The van der Waals surface area contributed by atoms with E-state index in [1.165, 1.54) is 37.7 Å². The quantitative estimate of drug-likeness (QED) is 0.547. The molecule has 18 heavy (non-hydrogen) atoms. The van der Waals surface area contributed by atoms with Crippen molar-refractivity contribution in [1.82, 2.24) is 0 Å². The Bertz CT molecular complexity index is 299. The predicted molar refractivity (Wildman–Crippen MR) is 85.8 cm³/mol. The van der Waals surface area contributed by atoms with Crippen LogP contribution < -0.4 is 0 Å². The van der Waals surface area contributed by atoms with E-state index in [1.807, 2.05) is 11.8 Å². The number of aryl methyl sites for hydroxylation is 1. The topological polar surface area (TPSA) is 0 Å². The lowest BCUT2D eigenvalue weighted by molar-refractivity contribution is 0.464. The van der Waals surface area contributed by atoms with Crippen molar-refractivity contribution in [1.29, 1.82) is 0 Å². The minimum Gasteiger partial charge on any atom is -0.162 e. The first kappa shape index (κ1) is 15.9. The molecule has 0 aliphatic heterocycles. The van der Waals surface area contributed by atoms with Gasteiger partial charge in [0.05, 0.1) is 0 Å². The lowest BCUT2D eigenvalue weighted by Gasteiger charge is -2.16. The molecule has 1 aromatic carbocycles. The molecule has 0 aliphatic carbocycles. The monoisotopic (exact) mass is 284 g/mol. The second kappa shape index (κ2) is 9.75. The Morgan fingerprint density at radius 1 is 1.11 bits per heavy atom. The van der Waals surface area contributed by atoms with E-state index in [-0.39, 0.29) is 0 Å². The number of benzene rings is 1. The van der Waals surface area contributed by atoms with Gasteiger partial charge in [0.2, 0.25) is 0 Å². The first-order valence-electron chi connectivity index (χ1n) is 6.89. The summed E-state index contributed by atoms with van der Waals surface area (Å²) in [7, 11) is 0. The smallest absolute Gasteiger partial charge is 0.0251 e. The minimum absolute atomic E-state index is 0.699. The molecule has 0 bridgehead atoms. The van der Waals surface area contributed by atoms with E-state index in [4.69, 9.17) is 11.6 Å². The van der Waals surface area contributed by atoms with Crippen LogP contribution in [0.3, 0.4) is 0 Å². The Balaban J connectivity index is 2.19. The summed E-state index contributed by atoms with van der Waals surface area (Å²) in [5, 5.41) is 0.768. The van der Waals surface area contributed by atoms with Crippen molar-refractivity contribution in [2.75, 3.05) is 12.1 Å². The zero-order valence-electron chi connectivity index (χ0n) is 11.6. The highest BCUT2D eigenvalue weighted by atomic mass is 35.5. The Labute approximate surface area is 122 Å². The van der Waals surface area contributed by atoms with Crippen molar-refractivity contribution in [3.63, 3.8) is 0 Å². The van der Waals surface area contributed by atoms with Crippen LogP contribution in [0.4, 0.5) is 0 Å². The number of hydrogen-bond acceptors (Lipinski definition) is 1. The maximum atomic E-state index is 6.07. The van der Waals surface area contributed by atoms with Crippen molar-refractivity contribution in [3.05, 3.63) is 35.9 Å². The molecular weight excluding hydrogens is 260 g/mol. The summed E-state index contributed by atoms with van der Waals surface area (Å²) in [6.07, 6.45) is 8.47. The van der Waals surface area contributed by atoms with Crippen LogP contribution in [0, 0.1) is 5.92 Å². The van der Waals surface area contributed by atoms with Crippen molar-refractivity contribution >= 4 is 23.4 Å². The molecular formula is C16H25ClS. The molecule has 1 rings (SSSR count). The molecule has 0 heterocycles. The first-order chi connectivity index (χ1) is 8.76. The van der Waals surface area contributed by atoms with Crippen molar-refractivity contribution in [2.24, 2.45) is 5.92 Å². The average Bonchev–Trinajstić information content (AvgIpc) is 2.43. The van der Waals surface area contributed by atoms with Crippen molar-refractivity contribution < 1.29 is 0 Å². The van der Waals surface area contributed by atoms with Gasteiger partial charge in [-0.05, 0) is 49.8 Å². The van der Waals surface area contributed by atoms with Crippen LogP contribution in [0.1, 0.15) is 38.2 Å². The molecule has 2 heteroatoms. The van der Waals surface area contributed by atoms with E-state index < -0.39 is 0 Å². The second-order valence-electron chi connectivity index (χ2n) is 5.02. The summed E-state index contributed by atoms with van der Waals surface area (Å²) < 4.78 is 0. The summed E-state index contributed by atoms with van der Waals surface area (Å²) in [5.74, 6) is 1.51. The van der Waals surface area contributed by atoms with Gasteiger partial charge < -0.3 is 0 Å². The Hall–Kier alpha value is -0.140. The van der Waals surface area contributed by atoms with Gasteiger partial charge >= 0.3 is 0 Å². The van der Waals surface area contributed by atoms with Gasteiger partial charge in [-0.1, -0.05) is 37.3 Å². The third kappa shape index (κ3) is 6.70. The molecule has 0 amide bonds. The van der Waals surface area contributed by atoms with E-state index in [0.29, 0.717) is 5.92 Å². The van der Waals surface area contributed by atoms with Crippen molar-refractivity contribution in [2.45, 2.75) is 44.3 Å². The number of thioether (sulfide) groups is 1. The molecule has 2 unspecified atom stereocenters. The Morgan fingerprint density at radius 3 is 2.44 bits per heavy atom. The summed E-state index contributed by atoms with van der Waals surface area (Å²) in [4.78, 5) is 0. The normalized spacial score (nSPS) is 14.4. The molecule has 0 aromatic heterocycles. The Kier molecular flexibility index (Phi) is 8.62. The minimum atomic E-state index is 0.699. The molecule has 2 atom stereocenters. The van der Waals surface area contributed by atoms with Gasteiger partial charge in [-0.2, -0.15) is 11.8 Å². The highest BCUT2D eigenvalue weighted by Gasteiger charge is 2.09. The maximum absolute atomic E-state index is 6.07. The third-order valence-corrected chi connectivity index (χ3v) is 5.00. The highest BCUT2D eigenvalue weighted by Crippen LogP contribution is 2.21. The predicted octanol–water partition coefficient (Wildman–Crippen LogP) is 5.40. The molecule has 1 aromatic rings. The standard InChI is InChI=1S/C16H25ClS/c1-14(18-2)11-12-16(13-17)10-6-9-15-7-4-3-5-8-15/h3-5,7-8,14,16H,6,9-13H2,1-2H3. The highest BCUT2D eigenvalue weighted by molar-refractivity contribution is 7.99. The summed E-state index contributed by atoms with van der Waals surface area (Å²) in [6, 6.07) is 10.7. The van der Waals surface area contributed by atoms with Crippen LogP contribution in [0.5, 0.6) is 0 Å². The molecule has 0 nitrogen and oxygen atoms in total. The maximum Gasteiger partial charge on any atom is 0.0251 e. The van der Waals surface area contributed by atoms with Gasteiger partial charge in [0.25, 0.3) is 0 Å². The molecule has 102 valence electrons. The largest absolute Gasteiger partial charge is 0.162 e. The van der Waals surface area contributed by atoms with Crippen LogP contribution in [0.2, 0.25) is 0 Å². The summed E-state index contributed by atoms with van der Waals surface area (Å²) >= 11 is 8.02. The third-order valence-electron chi connectivity index (χ3n) is 3.52. The van der Waals surface area contributed by atoms with Crippen LogP contribution in [-0.4, -0.2) is 17.4 Å². The SMILES string of the molecule is CSC(C)CCC(CCl)CCCc1ccccc1.